The van der Waals surface area contributed by atoms with Gasteiger partial charge in [-0.1, -0.05) is 66.4 Å². The van der Waals surface area contributed by atoms with Crippen LogP contribution in [0.25, 0.3) is 27.5 Å². The van der Waals surface area contributed by atoms with Crippen LogP contribution in [-0.4, -0.2) is 20.5 Å². The number of fused-ring (bicyclic) bond motifs is 7. The summed E-state index contributed by atoms with van der Waals surface area (Å²) in [6.45, 7) is 0.0865. The van der Waals surface area contributed by atoms with Crippen molar-refractivity contribution in [2.24, 2.45) is 0 Å². The molecule has 4 nitrogen and oxygen atoms in total. The van der Waals surface area contributed by atoms with Crippen molar-refractivity contribution in [1.29, 1.82) is 0 Å². The van der Waals surface area contributed by atoms with Crippen molar-refractivity contribution in [2.45, 2.75) is 9.92 Å². The second-order valence-corrected chi connectivity index (χ2v) is 11.0. The van der Waals surface area contributed by atoms with Gasteiger partial charge in [0.05, 0.1) is 16.1 Å². The second-order valence-electron chi connectivity index (χ2n) is 9.92. The van der Waals surface area contributed by atoms with Crippen LogP contribution < -0.4 is 10.4 Å². The van der Waals surface area contributed by atoms with Crippen LogP contribution in [0.1, 0.15) is 0 Å². The molecular formula is C32H21BN4S. The zero-order valence-electron chi connectivity index (χ0n) is 20.4. The van der Waals surface area contributed by atoms with Crippen molar-refractivity contribution in [2.75, 3.05) is 4.90 Å². The molecule has 5 heterocycles. The molecule has 6 heteroatoms. The van der Waals surface area contributed by atoms with Crippen molar-refractivity contribution >= 4 is 63.2 Å². The minimum Gasteiger partial charge on any atom is -0.362 e. The number of hydrogen-bond donors (Lipinski definition) is 0. The van der Waals surface area contributed by atoms with Gasteiger partial charge < -0.3 is 13.5 Å². The van der Waals surface area contributed by atoms with E-state index in [-0.39, 0.29) is 6.98 Å². The van der Waals surface area contributed by atoms with Crippen LogP contribution in [0.2, 0.25) is 0 Å². The van der Waals surface area contributed by atoms with E-state index < -0.39 is 0 Å². The van der Waals surface area contributed by atoms with Gasteiger partial charge in [-0.3, -0.25) is 4.90 Å². The minimum atomic E-state index is 0.0865. The molecule has 0 amide bonds. The normalized spacial score (nSPS) is 13.6. The SMILES string of the molecule is c1ccc(N2c3cc(-n4c5ccccc5c5ccccc54)cc4c3B(n3cccc3S4)n3cccc32)cc1. The smallest absolute Gasteiger partial charge is 0.362 e. The summed E-state index contributed by atoms with van der Waals surface area (Å²) >= 11 is 1.86. The van der Waals surface area contributed by atoms with Gasteiger partial charge in [-0.2, -0.15) is 0 Å². The van der Waals surface area contributed by atoms with Crippen LogP contribution in [0.4, 0.5) is 17.2 Å². The Morgan fingerprint density at radius 1 is 0.579 bits per heavy atom. The highest BCUT2D eigenvalue weighted by Crippen LogP contribution is 2.45. The van der Waals surface area contributed by atoms with E-state index in [4.69, 9.17) is 0 Å². The van der Waals surface area contributed by atoms with Gasteiger partial charge in [0.25, 0.3) is 0 Å². The highest BCUT2D eigenvalue weighted by atomic mass is 32.2. The Hall–Kier alpha value is -4.55. The quantitative estimate of drug-likeness (QED) is 0.228. The van der Waals surface area contributed by atoms with Gasteiger partial charge in [0.1, 0.15) is 5.82 Å². The lowest BCUT2D eigenvalue weighted by Crippen LogP contribution is -2.53. The summed E-state index contributed by atoms with van der Waals surface area (Å²) in [6, 6.07) is 41.8. The average molecular weight is 504 g/mol. The number of aromatic nitrogens is 3. The Morgan fingerprint density at radius 2 is 1.26 bits per heavy atom. The Bertz CT molecular complexity index is 1980. The summed E-state index contributed by atoms with van der Waals surface area (Å²) in [4.78, 5) is 3.72. The van der Waals surface area contributed by atoms with Crippen molar-refractivity contribution in [3.63, 3.8) is 0 Å². The zero-order chi connectivity index (χ0) is 24.8. The lowest BCUT2D eigenvalue weighted by Gasteiger charge is -2.40. The van der Waals surface area contributed by atoms with E-state index in [1.54, 1.807) is 0 Å². The van der Waals surface area contributed by atoms with Crippen LogP contribution in [0.15, 0.2) is 138 Å². The number of rotatable bonds is 2. The summed E-state index contributed by atoms with van der Waals surface area (Å²) in [5.41, 5.74) is 7.38. The molecule has 4 aromatic carbocycles. The van der Waals surface area contributed by atoms with Crippen LogP contribution in [0.5, 0.6) is 0 Å². The third-order valence-electron chi connectivity index (χ3n) is 7.92. The van der Waals surface area contributed by atoms with Crippen molar-refractivity contribution in [3.05, 3.63) is 128 Å². The van der Waals surface area contributed by atoms with Crippen molar-refractivity contribution in [1.82, 2.24) is 13.5 Å². The minimum absolute atomic E-state index is 0.0865. The number of para-hydroxylation sites is 3. The van der Waals surface area contributed by atoms with E-state index in [1.165, 1.54) is 54.4 Å². The third kappa shape index (κ3) is 2.62. The molecule has 0 bridgehead atoms. The first-order chi connectivity index (χ1) is 18.9. The summed E-state index contributed by atoms with van der Waals surface area (Å²) in [6.07, 6.45) is 4.42. The Morgan fingerprint density at radius 3 is 2.05 bits per heavy atom. The molecule has 0 saturated heterocycles. The van der Waals surface area contributed by atoms with Crippen LogP contribution in [0.3, 0.4) is 0 Å². The average Bonchev–Trinajstić information content (AvgIpc) is 3.70. The molecule has 7 aromatic rings. The second kappa shape index (κ2) is 7.50. The molecular weight excluding hydrogens is 483 g/mol. The van der Waals surface area contributed by atoms with Crippen LogP contribution in [-0.2, 0) is 0 Å². The molecule has 3 aromatic heterocycles. The van der Waals surface area contributed by atoms with Gasteiger partial charge in [0, 0.05) is 38.2 Å². The fraction of sp³-hybridized carbons (Fsp3) is 0. The number of hydrogen-bond acceptors (Lipinski definition) is 2. The maximum atomic E-state index is 2.43. The summed E-state index contributed by atoms with van der Waals surface area (Å²) in [5.74, 6) is 1.17. The molecule has 0 aliphatic carbocycles. The van der Waals surface area contributed by atoms with Crippen LogP contribution in [0, 0.1) is 0 Å². The van der Waals surface area contributed by atoms with E-state index in [0.29, 0.717) is 0 Å². The first-order valence-corrected chi connectivity index (χ1v) is 13.7. The standard InChI is InChI=1S/C32H21BN4S/c1-2-10-22(11-3-1)37-28-20-23(36-26-14-6-4-12-24(26)25-13-5-7-15-27(25)36)21-29-32(28)33(34-18-8-16-30(34)37)35-19-9-17-31(35)38-29/h1-21H. The van der Waals surface area contributed by atoms with Gasteiger partial charge in [-0.15, -0.1) is 0 Å². The number of benzene rings is 4. The molecule has 38 heavy (non-hydrogen) atoms. The lowest BCUT2D eigenvalue weighted by atomic mass is 9.64. The summed E-state index contributed by atoms with van der Waals surface area (Å²) in [7, 11) is 0. The van der Waals surface area contributed by atoms with Crippen molar-refractivity contribution in [3.8, 4) is 5.69 Å². The Kier molecular flexibility index (Phi) is 4.04. The third-order valence-corrected chi connectivity index (χ3v) is 9.04. The van der Waals surface area contributed by atoms with E-state index >= 15 is 0 Å². The molecule has 0 saturated carbocycles. The van der Waals surface area contributed by atoms with E-state index in [2.05, 4.69) is 146 Å². The maximum Gasteiger partial charge on any atom is 0.424 e. The first-order valence-electron chi connectivity index (χ1n) is 12.9. The predicted octanol–water partition coefficient (Wildman–Crippen LogP) is 7.43. The highest BCUT2D eigenvalue weighted by molar-refractivity contribution is 7.99. The fourth-order valence-corrected chi connectivity index (χ4v) is 7.54. The number of nitrogens with zero attached hydrogens (tertiary/aromatic N) is 4. The topological polar surface area (TPSA) is 18.0 Å². The van der Waals surface area contributed by atoms with Crippen LogP contribution >= 0.6 is 11.8 Å². The van der Waals surface area contributed by atoms with Gasteiger partial charge in [-0.25, -0.2) is 0 Å². The molecule has 0 radical (unpaired) electrons. The molecule has 2 aliphatic heterocycles. The fourth-order valence-electron chi connectivity index (χ4n) is 6.40. The van der Waals surface area contributed by atoms with E-state index in [0.717, 1.165) is 5.69 Å². The maximum absolute atomic E-state index is 2.43. The Balaban J connectivity index is 1.40. The van der Waals surface area contributed by atoms with Gasteiger partial charge in [-0.05, 0) is 73.1 Å². The molecule has 0 unspecified atom stereocenters. The van der Waals surface area contributed by atoms with E-state index in [9.17, 15) is 0 Å². The summed E-state index contributed by atoms with van der Waals surface area (Å²) < 4.78 is 7.24. The molecule has 0 spiro atoms. The van der Waals surface area contributed by atoms with Crippen molar-refractivity contribution < 1.29 is 0 Å². The van der Waals surface area contributed by atoms with Gasteiger partial charge >= 0.3 is 6.98 Å². The molecule has 0 atom stereocenters. The predicted molar refractivity (Wildman–Crippen MR) is 158 cm³/mol. The highest BCUT2D eigenvalue weighted by Gasteiger charge is 2.41. The molecule has 0 N–H and O–H groups in total. The molecule has 0 fully saturated rings. The molecule has 2 aliphatic rings. The monoisotopic (exact) mass is 504 g/mol. The van der Waals surface area contributed by atoms with Gasteiger partial charge in [0.2, 0.25) is 0 Å². The first kappa shape index (κ1) is 20.5. The zero-order valence-corrected chi connectivity index (χ0v) is 21.2. The summed E-state index contributed by atoms with van der Waals surface area (Å²) in [5, 5.41) is 3.82. The van der Waals surface area contributed by atoms with E-state index in [1.807, 2.05) is 11.8 Å². The van der Waals surface area contributed by atoms with Gasteiger partial charge in [0.15, 0.2) is 0 Å². The molecule has 9 rings (SSSR count). The lowest BCUT2D eigenvalue weighted by molar-refractivity contribution is 0.956. The largest absolute Gasteiger partial charge is 0.424 e. The number of anilines is 3. The molecule has 178 valence electrons. The Labute approximate surface area is 224 Å².